The molecule has 10 heteroatoms. The average Bonchev–Trinajstić information content (AvgIpc) is 2.76. The molecule has 0 saturated heterocycles. The Labute approximate surface area is 191 Å². The van der Waals surface area contributed by atoms with Crippen LogP contribution in [0.3, 0.4) is 0 Å². The highest BCUT2D eigenvalue weighted by Crippen LogP contribution is 2.15. The fraction of sp³-hybridized carbons (Fsp3) is 0.273. The molecule has 32 heavy (non-hydrogen) atoms. The fourth-order valence-electron chi connectivity index (χ4n) is 2.40. The number of carbonyl (C=O) groups is 3. The molecule has 2 aromatic carbocycles. The highest BCUT2D eigenvalue weighted by Gasteiger charge is 2.11. The molecule has 0 spiro atoms. The van der Waals surface area contributed by atoms with Crippen molar-refractivity contribution in [1.29, 1.82) is 0 Å². The third-order valence-electron chi connectivity index (χ3n) is 3.75. The van der Waals surface area contributed by atoms with Crippen LogP contribution in [0.25, 0.3) is 0 Å². The van der Waals surface area contributed by atoms with E-state index in [1.54, 1.807) is 43.3 Å². The molecule has 0 aromatic heterocycles. The number of esters is 1. The molecule has 0 aliphatic rings. The first-order valence-electron chi connectivity index (χ1n) is 9.85. The summed E-state index contributed by atoms with van der Waals surface area (Å²) in [6.45, 7) is 5.47. The van der Waals surface area contributed by atoms with Crippen LogP contribution in [0.2, 0.25) is 0 Å². The second-order valence-corrected chi connectivity index (χ2v) is 7.09. The van der Waals surface area contributed by atoms with Crippen molar-refractivity contribution in [3.63, 3.8) is 0 Å². The number of rotatable bonds is 8. The standard InChI is InChI=1S/C22H25N3O6S/c1-4-29-21(28)15-8-10-17(11-9-15)30-13-19(26)24-25-22(32)23-20(27)16-6-5-7-18(12-16)31-14(2)3/h5-12,14H,4,13H2,1-3H3,(H,24,26)(H2,23,25,27,32). The molecule has 2 amide bonds. The van der Waals surface area contributed by atoms with E-state index in [4.69, 9.17) is 26.4 Å². The van der Waals surface area contributed by atoms with E-state index in [-0.39, 0.29) is 24.4 Å². The topological polar surface area (TPSA) is 115 Å². The van der Waals surface area contributed by atoms with E-state index in [2.05, 4.69) is 16.2 Å². The van der Waals surface area contributed by atoms with Crippen LogP contribution in [0.15, 0.2) is 48.5 Å². The van der Waals surface area contributed by atoms with Crippen LogP contribution in [0.1, 0.15) is 41.5 Å². The Balaban J connectivity index is 1.75. The lowest BCUT2D eigenvalue weighted by atomic mass is 10.2. The number of ether oxygens (including phenoxy) is 3. The number of benzene rings is 2. The number of amides is 2. The van der Waals surface area contributed by atoms with Gasteiger partial charge in [0, 0.05) is 5.56 Å². The van der Waals surface area contributed by atoms with E-state index in [0.29, 0.717) is 22.6 Å². The van der Waals surface area contributed by atoms with Crippen molar-refractivity contribution in [3.05, 3.63) is 59.7 Å². The molecule has 0 atom stereocenters. The Kier molecular flexibility index (Phi) is 9.43. The lowest BCUT2D eigenvalue weighted by molar-refractivity contribution is -0.123. The van der Waals surface area contributed by atoms with Crippen molar-refractivity contribution in [2.75, 3.05) is 13.2 Å². The van der Waals surface area contributed by atoms with Crippen molar-refractivity contribution < 1.29 is 28.6 Å². The van der Waals surface area contributed by atoms with Crippen molar-refractivity contribution >= 4 is 35.1 Å². The van der Waals surface area contributed by atoms with E-state index in [0.717, 1.165) is 0 Å². The van der Waals surface area contributed by atoms with E-state index in [9.17, 15) is 14.4 Å². The van der Waals surface area contributed by atoms with Gasteiger partial charge in [-0.25, -0.2) is 4.79 Å². The normalized spacial score (nSPS) is 10.1. The maximum absolute atomic E-state index is 12.3. The molecule has 0 heterocycles. The molecule has 0 aliphatic heterocycles. The zero-order chi connectivity index (χ0) is 23.5. The molecule has 0 aliphatic carbocycles. The molecular formula is C22H25N3O6S. The minimum Gasteiger partial charge on any atom is -0.491 e. The summed E-state index contributed by atoms with van der Waals surface area (Å²) in [5.74, 6) is -0.456. The Morgan fingerprint density at radius 1 is 0.969 bits per heavy atom. The van der Waals surface area contributed by atoms with Crippen molar-refractivity contribution in [2.45, 2.75) is 26.9 Å². The lowest BCUT2D eigenvalue weighted by Crippen LogP contribution is -2.49. The summed E-state index contributed by atoms with van der Waals surface area (Å²) in [6, 6.07) is 12.8. The van der Waals surface area contributed by atoms with Crippen LogP contribution in [-0.4, -0.2) is 42.2 Å². The van der Waals surface area contributed by atoms with Gasteiger partial charge in [0.25, 0.3) is 11.8 Å². The molecule has 0 bridgehead atoms. The van der Waals surface area contributed by atoms with Crippen LogP contribution in [0, 0.1) is 0 Å². The van der Waals surface area contributed by atoms with Crippen molar-refractivity contribution in [3.8, 4) is 11.5 Å². The van der Waals surface area contributed by atoms with Gasteiger partial charge in [0.2, 0.25) is 0 Å². The van der Waals surface area contributed by atoms with Gasteiger partial charge in [0.05, 0.1) is 18.3 Å². The fourth-order valence-corrected chi connectivity index (χ4v) is 2.55. The molecule has 0 radical (unpaired) electrons. The Bertz CT molecular complexity index is 962. The van der Waals surface area contributed by atoms with Gasteiger partial charge in [-0.3, -0.25) is 25.8 Å². The van der Waals surface area contributed by atoms with E-state index >= 15 is 0 Å². The largest absolute Gasteiger partial charge is 0.491 e. The summed E-state index contributed by atoms with van der Waals surface area (Å²) in [4.78, 5) is 35.8. The van der Waals surface area contributed by atoms with Crippen LogP contribution < -0.4 is 25.6 Å². The van der Waals surface area contributed by atoms with Gasteiger partial charge in [-0.15, -0.1) is 0 Å². The van der Waals surface area contributed by atoms with E-state index in [1.165, 1.54) is 12.1 Å². The van der Waals surface area contributed by atoms with E-state index in [1.807, 2.05) is 13.8 Å². The van der Waals surface area contributed by atoms with Gasteiger partial charge in [-0.2, -0.15) is 0 Å². The number of nitrogens with one attached hydrogen (secondary N) is 3. The molecule has 0 fully saturated rings. The lowest BCUT2D eigenvalue weighted by Gasteiger charge is -2.13. The zero-order valence-electron chi connectivity index (χ0n) is 18.0. The number of hydrogen-bond donors (Lipinski definition) is 3. The number of thiocarbonyl (C=S) groups is 1. The van der Waals surface area contributed by atoms with Gasteiger partial charge in [-0.05, 0) is 75.5 Å². The maximum atomic E-state index is 12.3. The number of hydrogen-bond acceptors (Lipinski definition) is 7. The summed E-state index contributed by atoms with van der Waals surface area (Å²) < 4.78 is 15.8. The minimum atomic E-state index is -0.525. The first kappa shape index (κ1) is 24.6. The van der Waals surface area contributed by atoms with Crippen LogP contribution >= 0.6 is 12.2 Å². The molecule has 2 aromatic rings. The molecule has 0 saturated carbocycles. The molecule has 170 valence electrons. The summed E-state index contributed by atoms with van der Waals surface area (Å²) in [5.41, 5.74) is 5.49. The molecule has 9 nitrogen and oxygen atoms in total. The molecule has 0 unspecified atom stereocenters. The summed E-state index contributed by atoms with van der Waals surface area (Å²) in [5, 5.41) is 2.37. The van der Waals surface area contributed by atoms with Gasteiger partial charge in [0.15, 0.2) is 11.7 Å². The highest BCUT2D eigenvalue weighted by molar-refractivity contribution is 7.80. The first-order valence-corrected chi connectivity index (χ1v) is 10.3. The second-order valence-electron chi connectivity index (χ2n) is 6.68. The smallest absolute Gasteiger partial charge is 0.338 e. The summed E-state index contributed by atoms with van der Waals surface area (Å²) in [6.07, 6.45) is -0.0241. The SMILES string of the molecule is CCOC(=O)c1ccc(OCC(=O)NNC(=S)NC(=O)c2cccc(OC(C)C)c2)cc1. The Morgan fingerprint density at radius 2 is 1.69 bits per heavy atom. The zero-order valence-corrected chi connectivity index (χ0v) is 18.8. The van der Waals surface area contributed by atoms with Gasteiger partial charge >= 0.3 is 5.97 Å². The van der Waals surface area contributed by atoms with Crippen LogP contribution in [0.5, 0.6) is 11.5 Å². The number of carbonyl (C=O) groups excluding carboxylic acids is 3. The van der Waals surface area contributed by atoms with Crippen LogP contribution in [-0.2, 0) is 9.53 Å². The first-order chi connectivity index (χ1) is 15.3. The third kappa shape index (κ3) is 8.23. The second kappa shape index (κ2) is 12.3. The van der Waals surface area contributed by atoms with Gasteiger partial charge < -0.3 is 14.2 Å². The monoisotopic (exact) mass is 459 g/mol. The van der Waals surface area contributed by atoms with E-state index < -0.39 is 17.8 Å². The molecular weight excluding hydrogens is 434 g/mol. The quantitative estimate of drug-likeness (QED) is 0.313. The predicted octanol–water partition coefficient (Wildman–Crippen LogP) is 2.36. The third-order valence-corrected chi connectivity index (χ3v) is 3.95. The predicted molar refractivity (Wildman–Crippen MR) is 121 cm³/mol. The maximum Gasteiger partial charge on any atom is 0.338 e. The minimum absolute atomic E-state index is 0.0241. The van der Waals surface area contributed by atoms with Crippen molar-refractivity contribution in [1.82, 2.24) is 16.2 Å². The molecule has 2 rings (SSSR count). The number of hydrazine groups is 1. The Hall–Kier alpha value is -3.66. The Morgan fingerprint density at radius 3 is 2.34 bits per heavy atom. The molecule has 3 N–H and O–H groups in total. The summed E-state index contributed by atoms with van der Waals surface area (Å²) in [7, 11) is 0. The van der Waals surface area contributed by atoms with Crippen LogP contribution in [0.4, 0.5) is 0 Å². The van der Waals surface area contributed by atoms with Crippen molar-refractivity contribution in [2.24, 2.45) is 0 Å². The van der Waals surface area contributed by atoms with Gasteiger partial charge in [0.1, 0.15) is 11.5 Å². The van der Waals surface area contributed by atoms with Gasteiger partial charge in [-0.1, -0.05) is 6.07 Å². The average molecular weight is 460 g/mol. The summed E-state index contributed by atoms with van der Waals surface area (Å²) >= 11 is 5.02. The highest BCUT2D eigenvalue weighted by atomic mass is 32.1.